The van der Waals surface area contributed by atoms with Crippen molar-refractivity contribution in [2.24, 2.45) is 0 Å². The molecule has 7 heteroatoms. The first-order chi connectivity index (χ1) is 30.2. The van der Waals surface area contributed by atoms with Gasteiger partial charge in [-0.05, 0) is 35.4 Å². The molecule has 8 aromatic carbocycles. The zero-order valence-corrected chi connectivity index (χ0v) is 32.8. The molecule has 0 aliphatic heterocycles. The van der Waals surface area contributed by atoms with Crippen LogP contribution in [0, 0.1) is 0 Å². The van der Waals surface area contributed by atoms with Crippen LogP contribution in [0.2, 0.25) is 0 Å². The smallest absolute Gasteiger partial charge is 0.166 e. The molecular weight excluding hydrogens is 747 g/mol. The van der Waals surface area contributed by atoms with Crippen molar-refractivity contribution in [3.05, 3.63) is 212 Å². The first-order valence-electron chi connectivity index (χ1n) is 20.2. The second-order valence-corrected chi connectivity index (χ2v) is 14.7. The van der Waals surface area contributed by atoms with E-state index in [-0.39, 0.29) is 0 Å². The fourth-order valence-electron chi connectivity index (χ4n) is 8.04. The Morgan fingerprint density at radius 2 is 0.607 bits per heavy atom. The van der Waals surface area contributed by atoms with Gasteiger partial charge in [-0.2, -0.15) is 0 Å². The van der Waals surface area contributed by atoms with E-state index in [1.165, 1.54) is 0 Å². The van der Waals surface area contributed by atoms with Gasteiger partial charge in [-0.15, -0.1) is 0 Å². The monoisotopic (exact) mass is 781 g/mol. The fraction of sp³-hybridized carbons (Fsp3) is 0. The Hall–Kier alpha value is -8.42. The highest BCUT2D eigenvalue weighted by Crippen LogP contribution is 2.40. The van der Waals surface area contributed by atoms with E-state index in [0.717, 1.165) is 72.0 Å². The maximum absolute atomic E-state index is 5.21. The molecule has 7 nitrogen and oxygen atoms in total. The number of benzene rings is 8. The van der Waals surface area contributed by atoms with E-state index in [0.29, 0.717) is 34.9 Å². The van der Waals surface area contributed by atoms with Gasteiger partial charge >= 0.3 is 0 Å². The summed E-state index contributed by atoms with van der Waals surface area (Å²) in [6, 6.07) is 72.2. The molecule has 0 saturated heterocycles. The minimum absolute atomic E-state index is 0.575. The summed E-state index contributed by atoms with van der Waals surface area (Å²) in [5.74, 6) is 3.61. The zero-order chi connectivity index (χ0) is 40.5. The summed E-state index contributed by atoms with van der Waals surface area (Å²) in [4.78, 5) is 30.7. The van der Waals surface area contributed by atoms with Crippen LogP contribution in [0.3, 0.4) is 0 Å². The summed E-state index contributed by atoms with van der Waals surface area (Å²) in [5.41, 5.74) is 10.7. The molecule has 0 fully saturated rings. The molecule has 0 aliphatic carbocycles. The highest BCUT2D eigenvalue weighted by atomic mass is 15.1. The summed E-state index contributed by atoms with van der Waals surface area (Å²) >= 11 is 0. The van der Waals surface area contributed by atoms with Crippen LogP contribution < -0.4 is 0 Å². The Kier molecular flexibility index (Phi) is 9.02. The standard InChI is InChI=1S/C54H35N7/c1-5-18-36(19-6-1)37-32-34-41(35-33-37)52-56-49(38-20-7-2-8-21-38)57-53(58-52)43-27-14-16-30-46(43)61-45-29-15-13-26-42(45)48-44(28-17-31-47(48)61)54-59-50(39-22-9-3-10-23-39)55-51(60-54)40-24-11-4-12-25-40/h1-35H. The van der Waals surface area contributed by atoms with Crippen LogP contribution in [-0.2, 0) is 0 Å². The lowest BCUT2D eigenvalue weighted by Crippen LogP contribution is -2.03. The van der Waals surface area contributed by atoms with E-state index in [2.05, 4.69) is 114 Å². The van der Waals surface area contributed by atoms with Crippen molar-refractivity contribution >= 4 is 21.8 Å². The molecule has 11 aromatic rings. The molecule has 0 N–H and O–H groups in total. The maximum Gasteiger partial charge on any atom is 0.166 e. The molecular formula is C54H35N7. The third kappa shape index (κ3) is 6.70. The van der Waals surface area contributed by atoms with Crippen LogP contribution in [0.15, 0.2) is 212 Å². The normalized spacial score (nSPS) is 11.3. The second kappa shape index (κ2) is 15.4. The number of fused-ring (bicyclic) bond motifs is 3. The van der Waals surface area contributed by atoms with Gasteiger partial charge in [0, 0.05) is 44.2 Å². The molecule has 0 bridgehead atoms. The van der Waals surface area contributed by atoms with E-state index in [9.17, 15) is 0 Å². The minimum Gasteiger partial charge on any atom is -0.308 e. The topological polar surface area (TPSA) is 82.3 Å². The highest BCUT2D eigenvalue weighted by molar-refractivity contribution is 6.15. The summed E-state index contributed by atoms with van der Waals surface area (Å²) in [6.45, 7) is 0. The van der Waals surface area contributed by atoms with E-state index in [1.54, 1.807) is 0 Å². The molecule has 0 aliphatic rings. The van der Waals surface area contributed by atoms with Gasteiger partial charge in [0.25, 0.3) is 0 Å². The SMILES string of the molecule is c1ccc(-c2ccc(-c3nc(-c4ccccc4)nc(-c4ccccc4-n4c5ccccc5c5c(-c6nc(-c7ccccc7)nc(-c7ccccc7)n6)cccc54)n3)cc2)cc1. The molecule has 61 heavy (non-hydrogen) atoms. The molecule has 0 amide bonds. The Bertz CT molecular complexity index is 3270. The molecule has 0 spiro atoms. The first-order valence-corrected chi connectivity index (χ1v) is 20.2. The number of para-hydroxylation sites is 2. The second-order valence-electron chi connectivity index (χ2n) is 14.7. The van der Waals surface area contributed by atoms with Gasteiger partial charge in [0.1, 0.15) is 0 Å². The van der Waals surface area contributed by atoms with Crippen LogP contribution in [0.1, 0.15) is 0 Å². The van der Waals surface area contributed by atoms with Crippen molar-refractivity contribution in [1.82, 2.24) is 34.5 Å². The number of hydrogen-bond acceptors (Lipinski definition) is 6. The predicted molar refractivity (Wildman–Crippen MR) is 246 cm³/mol. The average molecular weight is 782 g/mol. The maximum atomic E-state index is 5.21. The van der Waals surface area contributed by atoms with Crippen molar-refractivity contribution in [3.8, 4) is 85.1 Å². The zero-order valence-electron chi connectivity index (χ0n) is 32.8. The summed E-state index contributed by atoms with van der Waals surface area (Å²) in [5, 5.41) is 2.11. The van der Waals surface area contributed by atoms with Gasteiger partial charge in [0.15, 0.2) is 34.9 Å². The Morgan fingerprint density at radius 3 is 1.16 bits per heavy atom. The van der Waals surface area contributed by atoms with Crippen LogP contribution in [0.4, 0.5) is 0 Å². The summed E-state index contributed by atoms with van der Waals surface area (Å²) in [7, 11) is 0. The molecule has 0 radical (unpaired) electrons. The molecule has 0 atom stereocenters. The van der Waals surface area contributed by atoms with E-state index < -0.39 is 0 Å². The third-order valence-electron chi connectivity index (χ3n) is 10.9. The quantitative estimate of drug-likeness (QED) is 0.153. The number of nitrogens with zero attached hydrogens (tertiary/aromatic N) is 7. The van der Waals surface area contributed by atoms with Gasteiger partial charge in [0.2, 0.25) is 0 Å². The van der Waals surface area contributed by atoms with Crippen LogP contribution >= 0.6 is 0 Å². The lowest BCUT2D eigenvalue weighted by molar-refractivity contribution is 1.06. The van der Waals surface area contributed by atoms with Crippen molar-refractivity contribution in [2.45, 2.75) is 0 Å². The van der Waals surface area contributed by atoms with Crippen molar-refractivity contribution < 1.29 is 0 Å². The summed E-state index contributed by atoms with van der Waals surface area (Å²) in [6.07, 6.45) is 0. The van der Waals surface area contributed by atoms with Gasteiger partial charge < -0.3 is 4.57 Å². The predicted octanol–water partition coefficient (Wildman–Crippen LogP) is 12.8. The molecule has 3 aromatic heterocycles. The lowest BCUT2D eigenvalue weighted by Gasteiger charge is -2.15. The molecule has 0 unspecified atom stereocenters. The van der Waals surface area contributed by atoms with Crippen molar-refractivity contribution in [2.75, 3.05) is 0 Å². The molecule has 3 heterocycles. The van der Waals surface area contributed by atoms with Crippen LogP contribution in [0.5, 0.6) is 0 Å². The molecule has 0 saturated carbocycles. The van der Waals surface area contributed by atoms with E-state index in [4.69, 9.17) is 29.9 Å². The van der Waals surface area contributed by atoms with Crippen molar-refractivity contribution in [1.29, 1.82) is 0 Å². The van der Waals surface area contributed by atoms with Gasteiger partial charge in [-0.25, -0.2) is 29.9 Å². The number of rotatable bonds is 8. The third-order valence-corrected chi connectivity index (χ3v) is 10.9. The number of aromatic nitrogens is 7. The Balaban J connectivity index is 1.11. The minimum atomic E-state index is 0.575. The van der Waals surface area contributed by atoms with Gasteiger partial charge in [-0.1, -0.05) is 188 Å². The molecule has 11 rings (SSSR count). The fourth-order valence-corrected chi connectivity index (χ4v) is 8.04. The highest BCUT2D eigenvalue weighted by Gasteiger charge is 2.22. The van der Waals surface area contributed by atoms with E-state index in [1.807, 2.05) is 103 Å². The first kappa shape index (κ1) is 35.7. The van der Waals surface area contributed by atoms with Crippen molar-refractivity contribution in [3.63, 3.8) is 0 Å². The largest absolute Gasteiger partial charge is 0.308 e. The van der Waals surface area contributed by atoms with Crippen LogP contribution in [-0.4, -0.2) is 34.5 Å². The van der Waals surface area contributed by atoms with E-state index >= 15 is 0 Å². The lowest BCUT2D eigenvalue weighted by atomic mass is 10.0. The Labute approximate surface area is 352 Å². The van der Waals surface area contributed by atoms with Crippen LogP contribution in [0.25, 0.3) is 107 Å². The Morgan fingerprint density at radius 1 is 0.246 bits per heavy atom. The van der Waals surface area contributed by atoms with Gasteiger partial charge in [0.05, 0.1) is 16.7 Å². The number of hydrogen-bond donors (Lipinski definition) is 0. The molecule has 286 valence electrons. The summed E-state index contributed by atoms with van der Waals surface area (Å²) < 4.78 is 2.31. The van der Waals surface area contributed by atoms with Gasteiger partial charge in [-0.3, -0.25) is 0 Å². The average Bonchev–Trinajstić information content (AvgIpc) is 3.69.